The van der Waals surface area contributed by atoms with Crippen molar-refractivity contribution in [3.63, 3.8) is 0 Å². The van der Waals surface area contributed by atoms with Crippen molar-refractivity contribution in [2.45, 2.75) is 38.5 Å². The molecule has 0 amide bonds. The summed E-state index contributed by atoms with van der Waals surface area (Å²) in [4.78, 5) is 4.09. The van der Waals surface area contributed by atoms with Gasteiger partial charge in [0.2, 0.25) is 0 Å². The summed E-state index contributed by atoms with van der Waals surface area (Å²) in [5.74, 6) is -0.156. The highest BCUT2D eigenvalue weighted by molar-refractivity contribution is 5.76. The van der Waals surface area contributed by atoms with Gasteiger partial charge >= 0.3 is 6.18 Å². The van der Waals surface area contributed by atoms with Gasteiger partial charge in [0.15, 0.2) is 5.54 Å². The molecule has 0 bridgehead atoms. The second-order valence-corrected chi connectivity index (χ2v) is 5.09. The summed E-state index contributed by atoms with van der Waals surface area (Å²) < 4.78 is 40.9. The third-order valence-corrected chi connectivity index (χ3v) is 3.17. The van der Waals surface area contributed by atoms with Crippen LogP contribution in [0.2, 0.25) is 0 Å². The number of aromatic nitrogens is 2. The Hall–Kier alpha value is -1.56. The van der Waals surface area contributed by atoms with Gasteiger partial charge in [-0.05, 0) is 32.9 Å². The van der Waals surface area contributed by atoms with Crippen molar-refractivity contribution in [2.75, 3.05) is 0 Å². The molecule has 1 aromatic heterocycles. The molecule has 1 heterocycles. The van der Waals surface area contributed by atoms with Gasteiger partial charge in [-0.1, -0.05) is 12.1 Å². The number of alkyl halides is 3. The third kappa shape index (κ3) is 2.10. The van der Waals surface area contributed by atoms with Gasteiger partial charge in [-0.2, -0.15) is 13.2 Å². The summed E-state index contributed by atoms with van der Waals surface area (Å²) in [6.07, 6.45) is -4.55. The van der Waals surface area contributed by atoms with E-state index in [0.717, 1.165) is 6.92 Å². The zero-order valence-corrected chi connectivity index (χ0v) is 11.0. The largest absolute Gasteiger partial charge is 0.413 e. The number of halogens is 3. The molecule has 0 aliphatic heterocycles. The zero-order chi connectivity index (χ0) is 14.4. The summed E-state index contributed by atoms with van der Waals surface area (Å²) in [5, 5.41) is 0. The van der Waals surface area contributed by atoms with Gasteiger partial charge in [0.05, 0.1) is 11.0 Å². The fourth-order valence-electron chi connectivity index (χ4n) is 2.06. The maximum absolute atomic E-state index is 13.1. The summed E-state index contributed by atoms with van der Waals surface area (Å²) in [7, 11) is 0. The standard InChI is InChI=1S/C13H16F3N3/c1-8(2)19-10-7-5-4-6-9(10)18-11(19)12(3,17)13(14,15)16/h4-8H,17H2,1-3H3. The van der Waals surface area contributed by atoms with Crippen molar-refractivity contribution in [2.24, 2.45) is 5.73 Å². The van der Waals surface area contributed by atoms with Gasteiger partial charge in [0.25, 0.3) is 0 Å². The van der Waals surface area contributed by atoms with E-state index >= 15 is 0 Å². The summed E-state index contributed by atoms with van der Waals surface area (Å²) in [5.41, 5.74) is 4.21. The van der Waals surface area contributed by atoms with Crippen LogP contribution in [0.25, 0.3) is 11.0 Å². The first-order valence-corrected chi connectivity index (χ1v) is 5.99. The Morgan fingerprint density at radius 1 is 1.21 bits per heavy atom. The number of nitrogens with two attached hydrogens (primary N) is 1. The second-order valence-electron chi connectivity index (χ2n) is 5.09. The van der Waals surface area contributed by atoms with E-state index in [1.807, 2.05) is 13.8 Å². The maximum atomic E-state index is 13.1. The minimum absolute atomic E-state index is 0.156. The van der Waals surface area contributed by atoms with Crippen molar-refractivity contribution in [1.82, 2.24) is 9.55 Å². The van der Waals surface area contributed by atoms with Crippen LogP contribution in [0.4, 0.5) is 13.2 Å². The highest BCUT2D eigenvalue weighted by Crippen LogP contribution is 2.38. The van der Waals surface area contributed by atoms with Crippen LogP contribution in [0.15, 0.2) is 24.3 Å². The topological polar surface area (TPSA) is 43.8 Å². The average Bonchev–Trinajstić information content (AvgIpc) is 2.66. The Morgan fingerprint density at radius 2 is 1.79 bits per heavy atom. The van der Waals surface area contributed by atoms with Gasteiger partial charge in [-0.25, -0.2) is 4.98 Å². The van der Waals surface area contributed by atoms with E-state index < -0.39 is 11.7 Å². The minimum atomic E-state index is -4.55. The van der Waals surface area contributed by atoms with Gasteiger partial charge in [-0.3, -0.25) is 0 Å². The fourth-order valence-corrected chi connectivity index (χ4v) is 2.06. The SMILES string of the molecule is CC(C)n1c(C(C)(N)C(F)(F)F)nc2ccccc21. The Bertz CT molecular complexity index is 597. The molecule has 3 nitrogen and oxygen atoms in total. The monoisotopic (exact) mass is 271 g/mol. The van der Waals surface area contributed by atoms with E-state index in [4.69, 9.17) is 5.73 Å². The predicted octanol–water partition coefficient (Wildman–Crippen LogP) is 3.35. The number of nitrogens with zero attached hydrogens (tertiary/aromatic N) is 2. The van der Waals surface area contributed by atoms with E-state index in [1.165, 1.54) is 0 Å². The lowest BCUT2D eigenvalue weighted by atomic mass is 10.0. The number of imidazole rings is 1. The van der Waals surface area contributed by atoms with Gasteiger partial charge in [0.1, 0.15) is 5.82 Å². The maximum Gasteiger partial charge on any atom is 0.413 e. The van der Waals surface area contributed by atoms with Crippen LogP contribution in [-0.2, 0) is 5.54 Å². The number of benzene rings is 1. The molecule has 0 spiro atoms. The van der Waals surface area contributed by atoms with Crippen LogP contribution in [-0.4, -0.2) is 15.7 Å². The molecule has 0 radical (unpaired) electrons. The van der Waals surface area contributed by atoms with Crippen LogP contribution < -0.4 is 5.73 Å². The average molecular weight is 271 g/mol. The van der Waals surface area contributed by atoms with Crippen molar-refractivity contribution < 1.29 is 13.2 Å². The van der Waals surface area contributed by atoms with E-state index in [2.05, 4.69) is 4.98 Å². The lowest BCUT2D eigenvalue weighted by Gasteiger charge is -2.28. The molecule has 2 N–H and O–H groups in total. The Kier molecular flexibility index (Phi) is 3.09. The molecule has 0 saturated carbocycles. The molecular weight excluding hydrogens is 255 g/mol. The summed E-state index contributed by atoms with van der Waals surface area (Å²) in [6.45, 7) is 4.57. The van der Waals surface area contributed by atoms with Gasteiger partial charge in [0, 0.05) is 6.04 Å². The number of hydrogen-bond donors (Lipinski definition) is 1. The molecule has 0 aliphatic carbocycles. The lowest BCUT2D eigenvalue weighted by Crippen LogP contribution is -2.49. The Balaban J connectivity index is 2.77. The van der Waals surface area contributed by atoms with E-state index in [9.17, 15) is 13.2 Å². The molecule has 0 saturated heterocycles. The molecule has 6 heteroatoms. The summed E-state index contributed by atoms with van der Waals surface area (Å²) >= 11 is 0. The Labute approximate surface area is 109 Å². The molecule has 0 fully saturated rings. The van der Waals surface area contributed by atoms with Crippen molar-refractivity contribution in [1.29, 1.82) is 0 Å². The van der Waals surface area contributed by atoms with Crippen molar-refractivity contribution in [3.05, 3.63) is 30.1 Å². The first-order valence-electron chi connectivity index (χ1n) is 5.99. The van der Waals surface area contributed by atoms with Crippen molar-refractivity contribution in [3.8, 4) is 0 Å². The van der Waals surface area contributed by atoms with Gasteiger partial charge < -0.3 is 10.3 Å². The van der Waals surface area contributed by atoms with E-state index in [-0.39, 0.29) is 11.9 Å². The quantitative estimate of drug-likeness (QED) is 0.910. The van der Waals surface area contributed by atoms with Crippen LogP contribution in [0.1, 0.15) is 32.6 Å². The molecule has 1 unspecified atom stereocenters. The number of fused-ring (bicyclic) bond motifs is 1. The smallest absolute Gasteiger partial charge is 0.324 e. The first kappa shape index (κ1) is 13.9. The summed E-state index contributed by atoms with van der Waals surface area (Å²) in [6, 6.07) is 6.79. The highest BCUT2D eigenvalue weighted by Gasteiger charge is 2.52. The minimum Gasteiger partial charge on any atom is -0.324 e. The lowest BCUT2D eigenvalue weighted by molar-refractivity contribution is -0.187. The second kappa shape index (κ2) is 4.23. The molecule has 104 valence electrons. The molecule has 2 rings (SSSR count). The zero-order valence-electron chi connectivity index (χ0n) is 11.0. The number of hydrogen-bond acceptors (Lipinski definition) is 2. The normalized spacial score (nSPS) is 16.0. The van der Waals surface area contributed by atoms with Crippen LogP contribution in [0, 0.1) is 0 Å². The van der Waals surface area contributed by atoms with Crippen LogP contribution in [0.5, 0.6) is 0 Å². The van der Waals surface area contributed by atoms with E-state index in [1.54, 1.807) is 28.8 Å². The third-order valence-electron chi connectivity index (χ3n) is 3.17. The first-order chi connectivity index (χ1) is 8.66. The molecule has 0 aliphatic rings. The fraction of sp³-hybridized carbons (Fsp3) is 0.462. The number of rotatable bonds is 2. The predicted molar refractivity (Wildman–Crippen MR) is 67.7 cm³/mol. The molecule has 1 aromatic carbocycles. The Morgan fingerprint density at radius 3 is 2.32 bits per heavy atom. The molecule has 2 aromatic rings. The molecular formula is C13H16F3N3. The van der Waals surface area contributed by atoms with Crippen LogP contribution >= 0.6 is 0 Å². The van der Waals surface area contributed by atoms with Crippen LogP contribution in [0.3, 0.4) is 0 Å². The van der Waals surface area contributed by atoms with Crippen molar-refractivity contribution >= 4 is 11.0 Å². The highest BCUT2D eigenvalue weighted by atomic mass is 19.4. The van der Waals surface area contributed by atoms with Gasteiger partial charge in [-0.15, -0.1) is 0 Å². The number of para-hydroxylation sites is 2. The van der Waals surface area contributed by atoms with E-state index in [0.29, 0.717) is 11.0 Å². The molecule has 1 atom stereocenters. The molecule has 19 heavy (non-hydrogen) atoms.